The van der Waals surface area contributed by atoms with Crippen LogP contribution in [0.2, 0.25) is 5.02 Å². The Hall–Kier alpha value is -2.45. The molecule has 2 rings (SSSR count). The van der Waals surface area contributed by atoms with E-state index in [0.717, 1.165) is 0 Å². The van der Waals surface area contributed by atoms with Crippen molar-refractivity contribution in [3.8, 4) is 0 Å². The largest absolute Gasteiger partial charge is 0.460 e. The summed E-state index contributed by atoms with van der Waals surface area (Å²) in [5.41, 5.74) is 0.725. The maximum absolute atomic E-state index is 12.4. The second-order valence-electron chi connectivity index (χ2n) is 5.44. The van der Waals surface area contributed by atoms with Gasteiger partial charge >= 0.3 is 5.97 Å². The summed E-state index contributed by atoms with van der Waals surface area (Å²) in [6.45, 7) is 1.85. The van der Waals surface area contributed by atoms with E-state index in [4.69, 9.17) is 21.1 Å². The van der Waals surface area contributed by atoms with Crippen molar-refractivity contribution in [1.82, 2.24) is 5.32 Å². The third-order valence-corrected chi connectivity index (χ3v) is 4.12. The zero-order valence-corrected chi connectivity index (χ0v) is 14.5. The first-order valence-corrected chi connectivity index (χ1v) is 7.83. The molecule has 0 saturated heterocycles. The van der Waals surface area contributed by atoms with Crippen molar-refractivity contribution >= 4 is 29.2 Å². The van der Waals surface area contributed by atoms with Crippen LogP contribution in [0, 0.1) is 10.1 Å². The van der Waals surface area contributed by atoms with Crippen LogP contribution in [0.15, 0.2) is 29.5 Å². The lowest BCUT2D eigenvalue weighted by molar-refractivity contribution is -0.384. The Labute approximate surface area is 148 Å². The normalized spacial score (nSPS) is 17.2. The van der Waals surface area contributed by atoms with Crippen LogP contribution in [0.1, 0.15) is 24.8 Å². The van der Waals surface area contributed by atoms with E-state index in [-0.39, 0.29) is 41.8 Å². The third kappa shape index (κ3) is 4.34. The monoisotopic (exact) mass is 368 g/mol. The lowest BCUT2D eigenvalue weighted by atomic mass is 9.84. The number of non-ortho nitro benzene ring substituents is 1. The number of hydrogen-bond acceptors (Lipinski definition) is 6. The average molecular weight is 369 g/mol. The number of allylic oxidation sites excluding steroid dienone is 1. The Balaban J connectivity index is 2.44. The van der Waals surface area contributed by atoms with E-state index in [9.17, 15) is 19.7 Å². The van der Waals surface area contributed by atoms with E-state index in [1.54, 1.807) is 6.92 Å². The van der Waals surface area contributed by atoms with E-state index < -0.39 is 16.8 Å². The number of carbonyl (C=O) groups is 2. The van der Waals surface area contributed by atoms with Gasteiger partial charge in [0.25, 0.3) is 5.69 Å². The smallest absolute Gasteiger partial charge is 0.336 e. The van der Waals surface area contributed by atoms with Gasteiger partial charge in [-0.2, -0.15) is 0 Å². The fourth-order valence-electron chi connectivity index (χ4n) is 2.64. The van der Waals surface area contributed by atoms with Gasteiger partial charge in [-0.15, -0.1) is 0 Å². The standard InChI is InChI=1S/C16H17ClN2O6/c1-9-15(16(21)25-6-5-24-2)12(8-14(20)18-9)11-7-10(19(22)23)3-4-13(11)17/h3-4,7,12H,5-6,8H2,1-2H3,(H,18,20)/t12-/m0/s1. The Morgan fingerprint density at radius 3 is 2.80 bits per heavy atom. The first-order chi connectivity index (χ1) is 11.8. The highest BCUT2D eigenvalue weighted by molar-refractivity contribution is 6.31. The van der Waals surface area contributed by atoms with Gasteiger partial charge < -0.3 is 14.8 Å². The number of nitro benzene ring substituents is 1. The van der Waals surface area contributed by atoms with Crippen LogP contribution in [-0.4, -0.2) is 37.1 Å². The lowest BCUT2D eigenvalue weighted by Crippen LogP contribution is -2.34. The summed E-state index contributed by atoms with van der Waals surface area (Å²) >= 11 is 6.18. The van der Waals surface area contributed by atoms with Gasteiger partial charge in [0.05, 0.1) is 17.1 Å². The Bertz CT molecular complexity index is 746. The number of amides is 1. The van der Waals surface area contributed by atoms with Gasteiger partial charge in [-0.3, -0.25) is 14.9 Å². The molecule has 0 unspecified atom stereocenters. The van der Waals surface area contributed by atoms with Crippen molar-refractivity contribution in [3.05, 3.63) is 50.2 Å². The maximum atomic E-state index is 12.4. The second-order valence-corrected chi connectivity index (χ2v) is 5.84. The molecule has 0 spiro atoms. The summed E-state index contributed by atoms with van der Waals surface area (Å²) in [7, 11) is 1.48. The molecule has 1 aromatic rings. The summed E-state index contributed by atoms with van der Waals surface area (Å²) in [6.07, 6.45) is -0.0626. The number of methoxy groups -OCH3 is 1. The molecular weight excluding hydrogens is 352 g/mol. The van der Waals surface area contributed by atoms with E-state index in [1.165, 1.54) is 25.3 Å². The lowest BCUT2D eigenvalue weighted by Gasteiger charge is -2.27. The molecule has 1 amide bonds. The number of rotatable bonds is 6. The number of nitro groups is 1. The number of halogens is 1. The molecule has 25 heavy (non-hydrogen) atoms. The number of carbonyl (C=O) groups excluding carboxylic acids is 2. The zero-order chi connectivity index (χ0) is 18.6. The number of benzene rings is 1. The molecule has 1 heterocycles. The molecule has 1 atom stereocenters. The third-order valence-electron chi connectivity index (χ3n) is 3.78. The SMILES string of the molecule is COCCOC(=O)C1=C(C)NC(=O)C[C@H]1c1cc([N+](=O)[O-])ccc1Cl. The van der Waals surface area contributed by atoms with Crippen LogP contribution in [-0.2, 0) is 19.1 Å². The average Bonchev–Trinajstić information content (AvgIpc) is 2.54. The molecule has 9 heteroatoms. The highest BCUT2D eigenvalue weighted by atomic mass is 35.5. The predicted molar refractivity (Wildman–Crippen MR) is 89.1 cm³/mol. The molecular formula is C16H17ClN2O6. The quantitative estimate of drug-likeness (QED) is 0.357. The van der Waals surface area contributed by atoms with Crippen LogP contribution >= 0.6 is 11.6 Å². The molecule has 0 aliphatic carbocycles. The van der Waals surface area contributed by atoms with Crippen LogP contribution in [0.3, 0.4) is 0 Å². The van der Waals surface area contributed by atoms with Gasteiger partial charge in [0, 0.05) is 42.3 Å². The minimum absolute atomic E-state index is 0.0510. The van der Waals surface area contributed by atoms with Crippen molar-refractivity contribution in [1.29, 1.82) is 0 Å². The topological polar surface area (TPSA) is 108 Å². The first-order valence-electron chi connectivity index (χ1n) is 7.45. The Morgan fingerprint density at radius 1 is 1.44 bits per heavy atom. The summed E-state index contributed by atoms with van der Waals surface area (Å²) in [6, 6.07) is 3.92. The van der Waals surface area contributed by atoms with Gasteiger partial charge in [-0.05, 0) is 18.6 Å². The first kappa shape index (κ1) is 18.9. The molecule has 8 nitrogen and oxygen atoms in total. The minimum Gasteiger partial charge on any atom is -0.460 e. The number of nitrogens with one attached hydrogen (secondary N) is 1. The molecule has 0 radical (unpaired) electrons. The van der Waals surface area contributed by atoms with E-state index in [0.29, 0.717) is 11.3 Å². The number of hydrogen-bond donors (Lipinski definition) is 1. The molecule has 1 aliphatic heterocycles. The highest BCUT2D eigenvalue weighted by Crippen LogP contribution is 2.38. The molecule has 1 aromatic carbocycles. The predicted octanol–water partition coefficient (Wildman–Crippen LogP) is 2.32. The summed E-state index contributed by atoms with van der Waals surface area (Å²) in [4.78, 5) is 34.8. The van der Waals surface area contributed by atoms with Gasteiger partial charge in [0.1, 0.15) is 6.61 Å². The fraction of sp³-hybridized carbons (Fsp3) is 0.375. The molecule has 134 valence electrons. The second kappa shape index (κ2) is 8.09. The number of nitrogens with zero attached hydrogens (tertiary/aromatic N) is 1. The van der Waals surface area contributed by atoms with Gasteiger partial charge in [-0.1, -0.05) is 11.6 Å². The van der Waals surface area contributed by atoms with Crippen LogP contribution < -0.4 is 5.32 Å². The Kier molecular flexibility index (Phi) is 6.11. The zero-order valence-electron chi connectivity index (χ0n) is 13.7. The van der Waals surface area contributed by atoms with Crippen molar-refractivity contribution in [3.63, 3.8) is 0 Å². The van der Waals surface area contributed by atoms with Crippen LogP contribution in [0.25, 0.3) is 0 Å². The summed E-state index contributed by atoms with van der Waals surface area (Å²) in [5, 5.41) is 13.9. The highest BCUT2D eigenvalue weighted by Gasteiger charge is 2.34. The van der Waals surface area contributed by atoms with Crippen molar-refractivity contribution in [2.24, 2.45) is 0 Å². The Morgan fingerprint density at radius 2 is 2.16 bits per heavy atom. The minimum atomic E-state index is -0.726. The van der Waals surface area contributed by atoms with Crippen LogP contribution in [0.5, 0.6) is 0 Å². The van der Waals surface area contributed by atoms with Crippen molar-refractivity contribution in [2.75, 3.05) is 20.3 Å². The van der Waals surface area contributed by atoms with E-state index in [2.05, 4.69) is 5.32 Å². The van der Waals surface area contributed by atoms with Gasteiger partial charge in [0.2, 0.25) is 5.91 Å². The fourth-order valence-corrected chi connectivity index (χ4v) is 2.89. The van der Waals surface area contributed by atoms with Crippen molar-refractivity contribution in [2.45, 2.75) is 19.3 Å². The number of ether oxygens (including phenoxy) is 2. The van der Waals surface area contributed by atoms with E-state index in [1.807, 2.05) is 0 Å². The number of esters is 1. The molecule has 0 fully saturated rings. The molecule has 0 aromatic heterocycles. The summed E-state index contributed by atoms with van der Waals surface area (Å²) in [5.74, 6) is -1.66. The molecule has 0 saturated carbocycles. The van der Waals surface area contributed by atoms with E-state index >= 15 is 0 Å². The molecule has 1 aliphatic rings. The van der Waals surface area contributed by atoms with Gasteiger partial charge in [0.15, 0.2) is 0 Å². The van der Waals surface area contributed by atoms with Crippen LogP contribution in [0.4, 0.5) is 5.69 Å². The van der Waals surface area contributed by atoms with Crippen molar-refractivity contribution < 1.29 is 24.0 Å². The van der Waals surface area contributed by atoms with Gasteiger partial charge in [-0.25, -0.2) is 4.79 Å². The molecule has 0 bridgehead atoms. The maximum Gasteiger partial charge on any atom is 0.336 e. The molecule has 1 N–H and O–H groups in total. The summed E-state index contributed by atoms with van der Waals surface area (Å²) < 4.78 is 9.98.